The summed E-state index contributed by atoms with van der Waals surface area (Å²) in [4.78, 5) is 0. The normalized spacial score (nSPS) is 17.3. The van der Waals surface area contributed by atoms with Gasteiger partial charge in [-0.3, -0.25) is 0 Å². The Morgan fingerprint density at radius 2 is 1.78 bits per heavy atom. The Kier molecular flexibility index (Phi) is 1.38. The van der Waals surface area contributed by atoms with Gasteiger partial charge in [-0.2, -0.15) is 0 Å². The summed E-state index contributed by atoms with van der Waals surface area (Å²) in [6.45, 7) is 11.1. The quantitative estimate of drug-likeness (QED) is 0.428. The first-order valence-corrected chi connectivity index (χ1v) is 3.40. The molecule has 0 spiro atoms. The van der Waals surface area contributed by atoms with E-state index in [9.17, 15) is 0 Å². The summed E-state index contributed by atoms with van der Waals surface area (Å²) in [5.74, 6) is 0. The third-order valence-electron chi connectivity index (χ3n) is 1.63. The van der Waals surface area contributed by atoms with Crippen LogP contribution in [0.5, 0.6) is 0 Å². The van der Waals surface area contributed by atoms with E-state index < -0.39 is 0 Å². The van der Waals surface area contributed by atoms with Crippen molar-refractivity contribution in [3.05, 3.63) is 11.5 Å². The second-order valence-corrected chi connectivity index (χ2v) is 3.74. The first-order chi connectivity index (χ1) is 4.00. The molecule has 48 valence electrons. The summed E-state index contributed by atoms with van der Waals surface area (Å²) < 4.78 is 0. The molecule has 0 aliphatic carbocycles. The van der Waals surface area contributed by atoms with Gasteiger partial charge in [0, 0.05) is 0 Å². The van der Waals surface area contributed by atoms with Crippen LogP contribution >= 0.6 is 0 Å². The molecule has 0 nitrogen and oxygen atoms in total. The third-order valence-corrected chi connectivity index (χ3v) is 1.63. The fraction of sp³-hybridized carbons (Fsp3) is 0.625. The van der Waals surface area contributed by atoms with Crippen molar-refractivity contribution in [3.8, 4) is 0 Å². The van der Waals surface area contributed by atoms with E-state index in [2.05, 4.69) is 40.7 Å². The predicted octanol–water partition coefficient (Wildman–Crippen LogP) is 1.83. The van der Waals surface area contributed by atoms with E-state index in [-0.39, 0.29) is 0 Å². The summed E-state index contributed by atoms with van der Waals surface area (Å²) >= 11 is 0. The topological polar surface area (TPSA) is 0 Å². The zero-order valence-electron chi connectivity index (χ0n) is 6.65. The van der Waals surface area contributed by atoms with Crippen LogP contribution in [0.2, 0.25) is 0 Å². The van der Waals surface area contributed by atoms with E-state index in [1.54, 1.807) is 0 Å². The molecule has 1 aliphatic rings. The molecule has 0 fully saturated rings. The number of hydrogen-bond acceptors (Lipinski definition) is 0. The van der Waals surface area contributed by atoms with Crippen LogP contribution < -0.4 is 0 Å². The summed E-state index contributed by atoms with van der Waals surface area (Å²) in [6, 6.07) is 0. The van der Waals surface area contributed by atoms with Gasteiger partial charge in [0.25, 0.3) is 0 Å². The van der Waals surface area contributed by atoms with Crippen LogP contribution in [-0.4, -0.2) is 12.4 Å². The van der Waals surface area contributed by atoms with E-state index in [1.165, 1.54) is 10.9 Å². The van der Waals surface area contributed by atoms with Crippen LogP contribution in [-0.2, 0) is 0 Å². The van der Waals surface area contributed by atoms with E-state index in [1.807, 2.05) is 0 Å². The van der Waals surface area contributed by atoms with Crippen molar-refractivity contribution in [2.45, 2.75) is 27.7 Å². The molecule has 0 bridgehead atoms. The van der Waals surface area contributed by atoms with Crippen molar-refractivity contribution in [2.75, 3.05) is 0 Å². The average molecular weight is 120 g/mol. The van der Waals surface area contributed by atoms with E-state index in [4.69, 9.17) is 0 Å². The van der Waals surface area contributed by atoms with Crippen LogP contribution in [0.4, 0.5) is 0 Å². The Morgan fingerprint density at radius 1 is 1.33 bits per heavy atom. The van der Waals surface area contributed by atoms with Crippen molar-refractivity contribution in [1.29, 1.82) is 0 Å². The summed E-state index contributed by atoms with van der Waals surface area (Å²) in [5, 5.41) is 0. The third kappa shape index (κ3) is 1.32. The minimum absolute atomic E-state index is 0.361. The molecule has 0 radical (unpaired) electrons. The van der Waals surface area contributed by atoms with Crippen molar-refractivity contribution >= 4 is 12.4 Å². The second kappa shape index (κ2) is 1.83. The molecule has 0 aromatic heterocycles. The van der Waals surface area contributed by atoms with Gasteiger partial charge >= 0.3 is 57.0 Å². The van der Waals surface area contributed by atoms with E-state index in [0.717, 1.165) is 0 Å². The van der Waals surface area contributed by atoms with Gasteiger partial charge in [0.2, 0.25) is 0 Å². The molecule has 0 N–H and O–H groups in total. The molecule has 1 heterocycles. The maximum atomic E-state index is 2.25. The molecular weight excluding hydrogens is 107 g/mol. The van der Waals surface area contributed by atoms with Gasteiger partial charge in [0.15, 0.2) is 0 Å². The molecule has 0 amide bonds. The fourth-order valence-corrected chi connectivity index (χ4v) is 0.911. The van der Waals surface area contributed by atoms with Gasteiger partial charge in [0.1, 0.15) is 0 Å². The molecule has 0 unspecified atom stereocenters. The van der Waals surface area contributed by atoms with Crippen molar-refractivity contribution in [1.82, 2.24) is 0 Å². The standard InChI is InChI=1S/C8H13B/c1-6-5-7(9-6)8(2,3)4/h5H,1-4H3. The zero-order chi connectivity index (χ0) is 7.07. The SMILES string of the molecule is CC1=BC(C(C)(C)C)=C1. The Balaban J connectivity index is 2.61. The molecule has 0 atom stereocenters. The molecule has 0 aromatic carbocycles. The molecule has 1 aliphatic heterocycles. The van der Waals surface area contributed by atoms with Gasteiger partial charge in [-0.05, 0) is 0 Å². The molecule has 0 aromatic rings. The summed E-state index contributed by atoms with van der Waals surface area (Å²) in [6.07, 6.45) is 2.25. The molecule has 0 saturated carbocycles. The number of allylic oxidation sites excluding steroid dienone is 2. The van der Waals surface area contributed by atoms with E-state index >= 15 is 0 Å². The monoisotopic (exact) mass is 120 g/mol. The molecule has 1 heteroatoms. The van der Waals surface area contributed by atoms with Gasteiger partial charge in [-0.15, -0.1) is 0 Å². The Labute approximate surface area is 57.9 Å². The first kappa shape index (κ1) is 6.79. The zero-order valence-corrected chi connectivity index (χ0v) is 6.65. The number of hydrogen-bond donors (Lipinski definition) is 0. The van der Waals surface area contributed by atoms with Crippen LogP contribution in [0, 0.1) is 5.41 Å². The Hall–Kier alpha value is -0.325. The minimum atomic E-state index is 0.361. The number of rotatable bonds is 0. The van der Waals surface area contributed by atoms with Gasteiger partial charge in [-0.25, -0.2) is 0 Å². The van der Waals surface area contributed by atoms with Crippen molar-refractivity contribution < 1.29 is 0 Å². The van der Waals surface area contributed by atoms with Crippen LogP contribution in [0.15, 0.2) is 11.5 Å². The molecule has 1 rings (SSSR count). The predicted molar refractivity (Wildman–Crippen MR) is 44.0 cm³/mol. The average Bonchev–Trinajstić information content (AvgIpc) is 1.55. The summed E-state index contributed by atoms with van der Waals surface area (Å²) in [5.41, 5.74) is 3.24. The molecule has 9 heavy (non-hydrogen) atoms. The van der Waals surface area contributed by atoms with E-state index in [0.29, 0.717) is 5.41 Å². The van der Waals surface area contributed by atoms with Gasteiger partial charge in [-0.1, -0.05) is 0 Å². The van der Waals surface area contributed by atoms with Crippen LogP contribution in [0.1, 0.15) is 27.7 Å². The van der Waals surface area contributed by atoms with Crippen LogP contribution in [0.25, 0.3) is 0 Å². The second-order valence-electron chi connectivity index (χ2n) is 3.74. The Morgan fingerprint density at radius 3 is 1.89 bits per heavy atom. The van der Waals surface area contributed by atoms with Gasteiger partial charge in [0.05, 0.1) is 0 Å². The van der Waals surface area contributed by atoms with Crippen LogP contribution in [0.3, 0.4) is 0 Å². The molecular formula is C8H13B. The molecule has 0 saturated heterocycles. The fourth-order valence-electron chi connectivity index (χ4n) is 0.911. The first-order valence-electron chi connectivity index (χ1n) is 3.40. The maximum absolute atomic E-state index is 2.25. The summed E-state index contributed by atoms with van der Waals surface area (Å²) in [7, 11) is 0. The van der Waals surface area contributed by atoms with Crippen molar-refractivity contribution in [3.63, 3.8) is 0 Å². The Bertz CT molecular complexity index is 179. The van der Waals surface area contributed by atoms with Gasteiger partial charge < -0.3 is 0 Å². The van der Waals surface area contributed by atoms with Crippen molar-refractivity contribution in [2.24, 2.45) is 5.41 Å².